The Morgan fingerprint density at radius 3 is 2.39 bits per heavy atom. The van der Waals surface area contributed by atoms with Gasteiger partial charge in [0.1, 0.15) is 18.4 Å². The molecule has 2 heterocycles. The molecule has 1 aromatic heterocycles. The van der Waals surface area contributed by atoms with Gasteiger partial charge in [0.15, 0.2) is 0 Å². The van der Waals surface area contributed by atoms with Gasteiger partial charge in [0.25, 0.3) is 0 Å². The largest absolute Gasteiger partial charge is 0.461 e. The number of aromatic nitrogens is 1. The second-order valence-corrected chi connectivity index (χ2v) is 13.2. The summed E-state index contributed by atoms with van der Waals surface area (Å²) in [6, 6.07) is 25.7. The maximum absolute atomic E-state index is 14.0. The van der Waals surface area contributed by atoms with Gasteiger partial charge >= 0.3 is 5.97 Å². The van der Waals surface area contributed by atoms with E-state index in [1.807, 2.05) is 72.8 Å². The minimum atomic E-state index is -0.676. The van der Waals surface area contributed by atoms with Crippen molar-refractivity contribution in [2.24, 2.45) is 17.6 Å². The number of aromatic amines is 1. The third-order valence-corrected chi connectivity index (χ3v) is 9.97. The number of hydrogen-bond acceptors (Lipinski definition) is 6. The lowest BCUT2D eigenvalue weighted by Crippen LogP contribution is -2.48. The predicted octanol–water partition coefficient (Wildman–Crippen LogP) is 6.36. The molecule has 0 bridgehead atoms. The summed E-state index contributed by atoms with van der Waals surface area (Å²) in [6.07, 6.45) is 3.98. The fourth-order valence-corrected chi connectivity index (χ4v) is 7.27. The molecule has 2 fully saturated rings. The monoisotopic (exact) mass is 668 g/mol. The lowest BCUT2D eigenvalue weighted by atomic mass is 9.78. The topological polar surface area (TPSA) is 127 Å². The van der Waals surface area contributed by atoms with Crippen LogP contribution in [0.5, 0.6) is 0 Å². The minimum absolute atomic E-state index is 0.0159. The standard InChI is InChI=1S/C39H45FN4O5/c40-24-33(41)28-12-14-29(15-13-28)38(46)44-19-18-32(27-10-5-2-6-11-27)36(44)37(45)42-31-16-17-34-30(22-31)23-35(43-34)39(47)49-21-7-20-48-25-26-8-3-1-4-9-26/h1-6,8-11,16-17,22-23,28-29,32-33,36,43H,7,12-15,18-21,24-25,41H2,(H,42,45)/t28?,29?,32-,33-,36+/m1/s1. The van der Waals surface area contributed by atoms with Gasteiger partial charge in [0.05, 0.1) is 19.8 Å². The number of esters is 1. The van der Waals surface area contributed by atoms with E-state index in [2.05, 4.69) is 10.3 Å². The number of hydrogen-bond donors (Lipinski definition) is 3. The molecule has 4 aromatic rings. The molecule has 3 atom stereocenters. The number of anilines is 1. The van der Waals surface area contributed by atoms with Crippen LogP contribution in [0.1, 0.15) is 66.1 Å². The Hall–Kier alpha value is -4.54. The molecule has 4 N–H and O–H groups in total. The Labute approximate surface area is 286 Å². The van der Waals surface area contributed by atoms with Crippen molar-refractivity contribution >= 4 is 34.4 Å². The van der Waals surface area contributed by atoms with Crippen LogP contribution in [-0.2, 0) is 25.7 Å². The van der Waals surface area contributed by atoms with Gasteiger partial charge in [-0.3, -0.25) is 9.59 Å². The number of ether oxygens (including phenoxy) is 2. The molecule has 1 saturated heterocycles. The van der Waals surface area contributed by atoms with Crippen LogP contribution in [0.4, 0.5) is 10.1 Å². The van der Waals surface area contributed by atoms with Gasteiger partial charge in [0, 0.05) is 47.4 Å². The van der Waals surface area contributed by atoms with Crippen LogP contribution in [0.25, 0.3) is 10.9 Å². The summed E-state index contributed by atoms with van der Waals surface area (Å²) in [5.74, 6) is -1.00. The smallest absolute Gasteiger partial charge is 0.354 e. The summed E-state index contributed by atoms with van der Waals surface area (Å²) < 4.78 is 24.3. The van der Waals surface area contributed by atoms with E-state index in [9.17, 15) is 18.8 Å². The summed E-state index contributed by atoms with van der Waals surface area (Å²) in [7, 11) is 0. The van der Waals surface area contributed by atoms with Crippen LogP contribution in [0.3, 0.4) is 0 Å². The Morgan fingerprint density at radius 2 is 1.65 bits per heavy atom. The fraction of sp³-hybridized carbons (Fsp3) is 0.410. The number of rotatable bonds is 13. The maximum atomic E-state index is 14.0. The number of nitrogens with two attached hydrogens (primary N) is 1. The Morgan fingerprint density at radius 1 is 0.918 bits per heavy atom. The average Bonchev–Trinajstić information content (AvgIpc) is 3.78. The zero-order valence-corrected chi connectivity index (χ0v) is 27.7. The van der Waals surface area contributed by atoms with Crippen molar-refractivity contribution < 1.29 is 28.2 Å². The second-order valence-electron chi connectivity index (χ2n) is 13.2. The maximum Gasteiger partial charge on any atom is 0.354 e. The van der Waals surface area contributed by atoms with Crippen LogP contribution in [0.2, 0.25) is 0 Å². The highest BCUT2D eigenvalue weighted by Crippen LogP contribution is 2.38. The van der Waals surface area contributed by atoms with Gasteiger partial charge in [-0.25, -0.2) is 9.18 Å². The van der Waals surface area contributed by atoms with E-state index in [4.69, 9.17) is 15.2 Å². The van der Waals surface area contributed by atoms with Crippen LogP contribution in [0.15, 0.2) is 84.9 Å². The number of nitrogens with one attached hydrogen (secondary N) is 2. The molecule has 2 aliphatic rings. The molecule has 1 aliphatic heterocycles. The van der Waals surface area contributed by atoms with E-state index in [1.54, 1.807) is 17.0 Å². The molecule has 0 unspecified atom stereocenters. The molecule has 1 aliphatic carbocycles. The molecule has 10 heteroatoms. The molecule has 2 amide bonds. The van der Waals surface area contributed by atoms with Crippen molar-refractivity contribution in [3.8, 4) is 0 Å². The highest BCUT2D eigenvalue weighted by Gasteiger charge is 2.44. The van der Waals surface area contributed by atoms with Crippen LogP contribution >= 0.6 is 0 Å². The quantitative estimate of drug-likeness (QED) is 0.113. The number of alkyl halides is 1. The molecule has 9 nitrogen and oxygen atoms in total. The van der Waals surface area contributed by atoms with Crippen molar-refractivity contribution in [2.75, 3.05) is 31.7 Å². The van der Waals surface area contributed by atoms with Gasteiger partial charge in [0.2, 0.25) is 11.8 Å². The van der Waals surface area contributed by atoms with Gasteiger partial charge in [-0.15, -0.1) is 0 Å². The molecule has 3 aromatic carbocycles. The van der Waals surface area contributed by atoms with Gasteiger partial charge in [-0.2, -0.15) is 0 Å². The van der Waals surface area contributed by atoms with Crippen LogP contribution in [0, 0.1) is 11.8 Å². The Balaban J connectivity index is 1.08. The number of amides is 2. The molecule has 0 spiro atoms. The number of fused-ring (bicyclic) bond motifs is 1. The molecule has 0 radical (unpaired) electrons. The summed E-state index contributed by atoms with van der Waals surface area (Å²) in [6.45, 7) is 1.15. The van der Waals surface area contributed by atoms with E-state index < -0.39 is 24.7 Å². The fourth-order valence-electron chi connectivity index (χ4n) is 7.27. The molecular weight excluding hydrogens is 623 g/mol. The summed E-state index contributed by atoms with van der Waals surface area (Å²) in [5.41, 5.74) is 9.69. The Bertz CT molecular complexity index is 1710. The normalized spacial score (nSPS) is 21.4. The second kappa shape index (κ2) is 16.2. The van der Waals surface area contributed by atoms with E-state index >= 15 is 0 Å². The van der Waals surface area contributed by atoms with Crippen LogP contribution in [-0.4, -0.2) is 66.2 Å². The number of H-pyrrole nitrogens is 1. The van der Waals surface area contributed by atoms with Crippen molar-refractivity contribution in [2.45, 2.75) is 63.1 Å². The first-order valence-corrected chi connectivity index (χ1v) is 17.3. The van der Waals surface area contributed by atoms with Gasteiger partial charge in [-0.05, 0) is 73.4 Å². The van der Waals surface area contributed by atoms with Crippen molar-refractivity contribution in [1.29, 1.82) is 0 Å². The van der Waals surface area contributed by atoms with E-state index in [0.717, 1.165) is 22.0 Å². The number of likely N-dealkylation sites (tertiary alicyclic amines) is 1. The van der Waals surface area contributed by atoms with E-state index in [-0.39, 0.29) is 36.2 Å². The van der Waals surface area contributed by atoms with Crippen molar-refractivity contribution in [3.05, 3.63) is 102 Å². The van der Waals surface area contributed by atoms with Gasteiger partial charge in [-0.1, -0.05) is 60.7 Å². The number of nitrogens with zero attached hydrogens (tertiary/aromatic N) is 1. The predicted molar refractivity (Wildman–Crippen MR) is 187 cm³/mol. The first-order chi connectivity index (χ1) is 23.9. The zero-order valence-electron chi connectivity index (χ0n) is 27.7. The zero-order chi connectivity index (χ0) is 34.2. The molecule has 6 rings (SSSR count). The number of halogens is 1. The Kier molecular flexibility index (Phi) is 11.4. The minimum Gasteiger partial charge on any atom is -0.461 e. The third kappa shape index (κ3) is 8.37. The summed E-state index contributed by atoms with van der Waals surface area (Å²) >= 11 is 0. The third-order valence-electron chi connectivity index (χ3n) is 9.97. The lowest BCUT2D eigenvalue weighted by Gasteiger charge is -2.35. The summed E-state index contributed by atoms with van der Waals surface area (Å²) in [5, 5.41) is 3.81. The van der Waals surface area contributed by atoms with Gasteiger partial charge < -0.3 is 30.4 Å². The first kappa shape index (κ1) is 34.3. The van der Waals surface area contributed by atoms with Crippen molar-refractivity contribution in [3.63, 3.8) is 0 Å². The highest BCUT2D eigenvalue weighted by molar-refractivity contribution is 6.01. The molecule has 1 saturated carbocycles. The number of carbonyl (C=O) groups excluding carboxylic acids is 3. The number of carbonyl (C=O) groups is 3. The molecule has 258 valence electrons. The molecule has 49 heavy (non-hydrogen) atoms. The van der Waals surface area contributed by atoms with E-state index in [0.29, 0.717) is 69.7 Å². The first-order valence-electron chi connectivity index (χ1n) is 17.3. The number of benzene rings is 3. The highest BCUT2D eigenvalue weighted by atomic mass is 19.1. The lowest BCUT2D eigenvalue weighted by molar-refractivity contribution is -0.141. The molecular formula is C39H45FN4O5. The SMILES string of the molecule is N[C@H](CF)C1CCC(C(=O)N2CC[C@H](c3ccccc3)[C@H]2C(=O)Nc2ccc3[nH]c(C(=O)OCCCOCc4ccccc4)cc3c2)CC1. The van der Waals surface area contributed by atoms with Crippen LogP contribution < -0.4 is 11.1 Å². The van der Waals surface area contributed by atoms with Crippen molar-refractivity contribution in [1.82, 2.24) is 9.88 Å². The average molecular weight is 669 g/mol. The van der Waals surface area contributed by atoms with E-state index in [1.165, 1.54) is 0 Å². The summed E-state index contributed by atoms with van der Waals surface area (Å²) in [4.78, 5) is 45.6.